The fraction of sp³-hybridized carbons (Fsp3) is 0.429. The summed E-state index contributed by atoms with van der Waals surface area (Å²) in [6.07, 6.45) is 8.20. The number of ether oxygens (including phenoxy) is 1. The standard InChI is InChI=1S/C28H28BrNO3/c29-28-13-18-10-19(14-28)12-27(11-18,17-28)15-24(31)33-26(20-6-2-1-3-7-20)25(32)22-16-30-23-9-5-4-8-21(22)23/h1-9,16,18-19,26,30H,10-15,17H2/t18-,19+,26-,27?,28?/m0/s1. The van der Waals surface area contributed by atoms with Gasteiger partial charge in [0, 0.05) is 32.6 Å². The average Bonchev–Trinajstić information content (AvgIpc) is 3.20. The van der Waals surface area contributed by atoms with Gasteiger partial charge in [0.2, 0.25) is 5.78 Å². The van der Waals surface area contributed by atoms with E-state index in [1.54, 1.807) is 6.20 Å². The third kappa shape index (κ3) is 3.84. The molecule has 0 radical (unpaired) electrons. The first kappa shape index (κ1) is 21.2. The Bertz CT molecular complexity index is 1200. The molecule has 1 heterocycles. The maximum Gasteiger partial charge on any atom is 0.307 e. The van der Waals surface area contributed by atoms with Gasteiger partial charge in [-0.15, -0.1) is 0 Å². The lowest BCUT2D eigenvalue weighted by atomic mass is 9.49. The van der Waals surface area contributed by atoms with Gasteiger partial charge in [-0.1, -0.05) is 64.5 Å². The molecule has 0 aliphatic heterocycles. The van der Waals surface area contributed by atoms with Gasteiger partial charge in [0.25, 0.3) is 0 Å². The summed E-state index contributed by atoms with van der Waals surface area (Å²) >= 11 is 4.03. The number of esters is 1. The zero-order valence-corrected chi connectivity index (χ0v) is 20.1. The van der Waals surface area contributed by atoms with Gasteiger partial charge in [-0.05, 0) is 61.8 Å². The van der Waals surface area contributed by atoms with E-state index in [9.17, 15) is 9.59 Å². The van der Waals surface area contributed by atoms with Gasteiger partial charge in [0.15, 0.2) is 6.10 Å². The lowest BCUT2D eigenvalue weighted by molar-refractivity contribution is -0.154. The van der Waals surface area contributed by atoms with Crippen molar-refractivity contribution < 1.29 is 14.3 Å². The number of H-pyrrole nitrogens is 1. The summed E-state index contributed by atoms with van der Waals surface area (Å²) in [5.41, 5.74) is 2.18. The van der Waals surface area contributed by atoms with Gasteiger partial charge in [0.05, 0.1) is 6.42 Å². The molecule has 4 nitrogen and oxygen atoms in total. The fourth-order valence-electron chi connectivity index (χ4n) is 7.34. The Balaban J connectivity index is 1.27. The van der Waals surface area contributed by atoms with Crippen LogP contribution in [0.1, 0.15) is 67.0 Å². The minimum absolute atomic E-state index is 0.00966. The molecule has 4 bridgehead atoms. The fourth-order valence-corrected chi connectivity index (χ4v) is 8.85. The third-order valence-electron chi connectivity index (χ3n) is 8.07. The number of hydrogen-bond acceptors (Lipinski definition) is 3. The molecule has 33 heavy (non-hydrogen) atoms. The molecule has 4 fully saturated rings. The predicted molar refractivity (Wildman–Crippen MR) is 131 cm³/mol. The lowest BCUT2D eigenvalue weighted by Crippen LogP contribution is -2.53. The van der Waals surface area contributed by atoms with Gasteiger partial charge >= 0.3 is 5.97 Å². The van der Waals surface area contributed by atoms with Crippen LogP contribution in [-0.2, 0) is 9.53 Å². The first-order valence-corrected chi connectivity index (χ1v) is 12.8. The molecule has 4 aliphatic carbocycles. The smallest absolute Gasteiger partial charge is 0.307 e. The molecule has 3 aromatic rings. The number of halogens is 1. The number of aromatic amines is 1. The number of aromatic nitrogens is 1. The molecule has 2 unspecified atom stereocenters. The number of fused-ring (bicyclic) bond motifs is 1. The number of Topliss-reactive ketones (excluding diaryl/α,β-unsaturated/α-hetero) is 1. The minimum atomic E-state index is -0.940. The normalized spacial score (nSPS) is 30.9. The van der Waals surface area contributed by atoms with Crippen molar-refractivity contribution in [2.45, 2.75) is 55.4 Å². The molecule has 1 N–H and O–H groups in total. The number of carbonyl (C=O) groups is 2. The molecule has 7 rings (SSSR count). The van der Waals surface area contributed by atoms with Crippen molar-refractivity contribution >= 4 is 38.6 Å². The molecular formula is C28H28BrNO3. The summed E-state index contributed by atoms with van der Waals surface area (Å²) in [5.74, 6) is 0.969. The molecule has 0 amide bonds. The Morgan fingerprint density at radius 1 is 1.00 bits per heavy atom. The van der Waals surface area contributed by atoms with Crippen molar-refractivity contribution in [2.24, 2.45) is 17.3 Å². The molecular weight excluding hydrogens is 478 g/mol. The Labute approximate surface area is 202 Å². The molecule has 5 heteroatoms. The van der Waals surface area contributed by atoms with Crippen LogP contribution in [0.3, 0.4) is 0 Å². The van der Waals surface area contributed by atoms with E-state index >= 15 is 0 Å². The number of carbonyl (C=O) groups excluding carboxylic acids is 2. The van der Waals surface area contributed by atoms with Crippen molar-refractivity contribution in [2.75, 3.05) is 0 Å². The Morgan fingerprint density at radius 2 is 1.70 bits per heavy atom. The van der Waals surface area contributed by atoms with Gasteiger partial charge in [-0.3, -0.25) is 9.59 Å². The zero-order valence-electron chi connectivity index (χ0n) is 18.6. The van der Waals surface area contributed by atoms with E-state index in [4.69, 9.17) is 4.74 Å². The van der Waals surface area contributed by atoms with E-state index in [-0.39, 0.29) is 21.5 Å². The van der Waals surface area contributed by atoms with Crippen molar-refractivity contribution in [1.29, 1.82) is 0 Å². The summed E-state index contributed by atoms with van der Waals surface area (Å²) in [6, 6.07) is 17.1. The number of ketones is 1. The van der Waals surface area contributed by atoms with Crippen molar-refractivity contribution in [3.63, 3.8) is 0 Å². The van der Waals surface area contributed by atoms with Gasteiger partial charge in [-0.25, -0.2) is 0 Å². The molecule has 0 spiro atoms. The van der Waals surface area contributed by atoms with Crippen LogP contribution in [-0.4, -0.2) is 21.1 Å². The van der Waals surface area contributed by atoms with E-state index in [0.29, 0.717) is 29.4 Å². The van der Waals surface area contributed by atoms with Crippen LogP contribution in [0.25, 0.3) is 10.9 Å². The van der Waals surface area contributed by atoms with Crippen LogP contribution < -0.4 is 0 Å². The quantitative estimate of drug-likeness (QED) is 0.228. The second-order valence-electron chi connectivity index (χ2n) is 10.7. The highest BCUT2D eigenvalue weighted by molar-refractivity contribution is 9.10. The van der Waals surface area contributed by atoms with Crippen LogP contribution >= 0.6 is 15.9 Å². The average molecular weight is 506 g/mol. The van der Waals surface area contributed by atoms with Crippen LogP contribution in [0.15, 0.2) is 60.8 Å². The number of benzene rings is 2. The van der Waals surface area contributed by atoms with Crippen molar-refractivity contribution in [3.05, 3.63) is 71.9 Å². The maximum atomic E-state index is 13.7. The Morgan fingerprint density at radius 3 is 2.42 bits per heavy atom. The highest BCUT2D eigenvalue weighted by Gasteiger charge is 2.57. The summed E-state index contributed by atoms with van der Waals surface area (Å²) < 4.78 is 6.22. The number of rotatable bonds is 6. The molecule has 4 saturated carbocycles. The molecule has 1 aromatic heterocycles. The van der Waals surface area contributed by atoms with Crippen LogP contribution in [0.5, 0.6) is 0 Å². The topological polar surface area (TPSA) is 59.2 Å². The zero-order chi connectivity index (χ0) is 22.6. The molecule has 170 valence electrons. The van der Waals surface area contributed by atoms with Crippen molar-refractivity contribution in [1.82, 2.24) is 4.98 Å². The summed E-state index contributed by atoms with van der Waals surface area (Å²) in [7, 11) is 0. The Kier molecular flexibility index (Phi) is 5.02. The van der Waals surface area contributed by atoms with E-state index in [2.05, 4.69) is 20.9 Å². The molecule has 5 atom stereocenters. The van der Waals surface area contributed by atoms with Gasteiger partial charge < -0.3 is 9.72 Å². The summed E-state index contributed by atoms with van der Waals surface area (Å²) in [4.78, 5) is 30.2. The van der Waals surface area contributed by atoms with Gasteiger partial charge in [-0.2, -0.15) is 0 Å². The van der Waals surface area contributed by atoms with E-state index in [1.165, 1.54) is 19.3 Å². The first-order chi connectivity index (χ1) is 15.9. The lowest BCUT2D eigenvalue weighted by Gasteiger charge is -2.60. The maximum absolute atomic E-state index is 13.7. The number of hydrogen-bond donors (Lipinski definition) is 1. The number of nitrogens with one attached hydrogen (secondary N) is 1. The SMILES string of the molecule is O=C(CC12C[C@@H]3C[C@@H](CC(Br)(C3)C1)C2)O[C@H](C(=O)c1c[nH]c2ccccc12)c1ccccc1. The number of alkyl halides is 1. The van der Waals surface area contributed by atoms with E-state index < -0.39 is 6.10 Å². The van der Waals surface area contributed by atoms with E-state index in [0.717, 1.165) is 30.2 Å². The second kappa shape index (κ2) is 7.83. The minimum Gasteiger partial charge on any atom is -0.449 e. The highest BCUT2D eigenvalue weighted by Crippen LogP contribution is 2.65. The third-order valence-corrected chi connectivity index (χ3v) is 9.00. The second-order valence-corrected chi connectivity index (χ2v) is 12.4. The predicted octanol–water partition coefficient (Wildman–Crippen LogP) is 6.76. The first-order valence-electron chi connectivity index (χ1n) is 12.0. The van der Waals surface area contributed by atoms with Crippen LogP contribution in [0, 0.1) is 17.3 Å². The highest BCUT2D eigenvalue weighted by atomic mass is 79.9. The summed E-state index contributed by atoms with van der Waals surface area (Å²) in [5, 5.41) is 0.849. The monoisotopic (exact) mass is 505 g/mol. The molecule has 4 aliphatic rings. The molecule has 0 saturated heterocycles. The van der Waals surface area contributed by atoms with Crippen molar-refractivity contribution in [3.8, 4) is 0 Å². The van der Waals surface area contributed by atoms with Crippen LogP contribution in [0.2, 0.25) is 0 Å². The molecule has 2 aromatic carbocycles. The number of para-hydroxylation sites is 1. The van der Waals surface area contributed by atoms with E-state index in [1.807, 2.05) is 54.6 Å². The van der Waals surface area contributed by atoms with Crippen LogP contribution in [0.4, 0.5) is 0 Å². The Hall–Kier alpha value is -2.40. The summed E-state index contributed by atoms with van der Waals surface area (Å²) in [6.45, 7) is 0. The van der Waals surface area contributed by atoms with Gasteiger partial charge in [0.1, 0.15) is 0 Å². The largest absolute Gasteiger partial charge is 0.449 e.